The average Bonchev–Trinajstić information content (AvgIpc) is 3.26. The lowest BCUT2D eigenvalue weighted by Crippen LogP contribution is -2.42. The topological polar surface area (TPSA) is 93.5 Å². The molecule has 0 bridgehead atoms. The van der Waals surface area contributed by atoms with Gasteiger partial charge in [-0.15, -0.1) is 0 Å². The SMILES string of the molecule is CC(C)(C)OC(=O)N1C[C@H](NC(=O)C(F)F)C[C@H]1c1nc2cccc(F)c2c(=O)n1-c1cc(F)cc(C(F)F)c1. The van der Waals surface area contributed by atoms with E-state index in [1.807, 2.05) is 0 Å². The number of hydrogen-bond donors (Lipinski definition) is 1. The normalized spacial score (nSPS) is 17.6. The van der Waals surface area contributed by atoms with E-state index in [0.29, 0.717) is 10.6 Å². The average molecular weight is 570 g/mol. The number of carbonyl (C=O) groups is 2. The molecule has 1 aromatic heterocycles. The minimum Gasteiger partial charge on any atom is -0.444 e. The zero-order chi connectivity index (χ0) is 29.5. The lowest BCUT2D eigenvalue weighted by Gasteiger charge is -2.29. The fraction of sp³-hybridized carbons (Fsp3) is 0.385. The van der Waals surface area contributed by atoms with Crippen molar-refractivity contribution in [1.82, 2.24) is 19.8 Å². The number of carbonyl (C=O) groups excluding carboxylic acids is 2. The summed E-state index contributed by atoms with van der Waals surface area (Å²) in [4.78, 5) is 43.9. The summed E-state index contributed by atoms with van der Waals surface area (Å²) >= 11 is 0. The number of likely N-dealkylation sites (tertiary alicyclic amines) is 1. The first kappa shape index (κ1) is 28.9. The second-order valence-corrected chi connectivity index (χ2v) is 10.2. The Bertz CT molecular complexity index is 1520. The highest BCUT2D eigenvalue weighted by molar-refractivity contribution is 5.80. The first-order chi connectivity index (χ1) is 18.7. The maximum atomic E-state index is 14.8. The first-order valence-electron chi connectivity index (χ1n) is 12.0. The molecular weight excluding hydrogens is 546 g/mol. The molecule has 3 aromatic rings. The van der Waals surface area contributed by atoms with Crippen LogP contribution in [0, 0.1) is 11.6 Å². The van der Waals surface area contributed by atoms with E-state index in [4.69, 9.17) is 4.74 Å². The van der Waals surface area contributed by atoms with Crippen LogP contribution in [0.3, 0.4) is 0 Å². The highest BCUT2D eigenvalue weighted by atomic mass is 19.3. The summed E-state index contributed by atoms with van der Waals surface area (Å²) in [6, 6.07) is 3.35. The van der Waals surface area contributed by atoms with E-state index in [1.54, 1.807) is 20.8 Å². The third kappa shape index (κ3) is 5.89. The Morgan fingerprint density at radius 3 is 2.42 bits per heavy atom. The van der Waals surface area contributed by atoms with Gasteiger partial charge in [-0.2, -0.15) is 8.78 Å². The summed E-state index contributed by atoms with van der Waals surface area (Å²) in [6.07, 6.45) is -7.70. The van der Waals surface area contributed by atoms with Crippen molar-refractivity contribution < 1.29 is 40.7 Å². The van der Waals surface area contributed by atoms with Crippen LogP contribution in [-0.2, 0) is 9.53 Å². The van der Waals surface area contributed by atoms with E-state index in [0.717, 1.165) is 23.1 Å². The largest absolute Gasteiger partial charge is 0.444 e. The van der Waals surface area contributed by atoms with Crippen molar-refractivity contribution in [3.8, 4) is 5.69 Å². The Morgan fingerprint density at radius 1 is 1.10 bits per heavy atom. The number of benzene rings is 2. The highest BCUT2D eigenvalue weighted by Crippen LogP contribution is 2.35. The number of hydrogen-bond acceptors (Lipinski definition) is 5. The molecule has 2 amide bonds. The van der Waals surface area contributed by atoms with Gasteiger partial charge in [0.1, 0.15) is 28.4 Å². The number of halogens is 6. The molecule has 8 nitrogen and oxygen atoms in total. The molecule has 2 aromatic carbocycles. The van der Waals surface area contributed by atoms with E-state index < -0.39 is 76.4 Å². The van der Waals surface area contributed by atoms with Crippen molar-refractivity contribution in [2.24, 2.45) is 0 Å². The maximum absolute atomic E-state index is 14.8. The van der Waals surface area contributed by atoms with E-state index >= 15 is 0 Å². The van der Waals surface area contributed by atoms with Gasteiger partial charge in [0.2, 0.25) is 0 Å². The van der Waals surface area contributed by atoms with E-state index in [2.05, 4.69) is 10.3 Å². The van der Waals surface area contributed by atoms with E-state index in [-0.39, 0.29) is 24.3 Å². The van der Waals surface area contributed by atoms with E-state index in [9.17, 15) is 40.7 Å². The number of alkyl halides is 4. The lowest BCUT2D eigenvalue weighted by atomic mass is 10.1. The Kier molecular flexibility index (Phi) is 7.81. The van der Waals surface area contributed by atoms with Crippen molar-refractivity contribution in [3.63, 3.8) is 0 Å². The van der Waals surface area contributed by atoms with Crippen LogP contribution < -0.4 is 10.9 Å². The molecule has 1 N–H and O–H groups in total. The maximum Gasteiger partial charge on any atom is 0.410 e. The summed E-state index contributed by atoms with van der Waals surface area (Å²) in [5.41, 5.74) is -3.48. The summed E-state index contributed by atoms with van der Waals surface area (Å²) in [6.45, 7) is 4.35. The van der Waals surface area contributed by atoms with Crippen LogP contribution in [0.5, 0.6) is 0 Å². The molecule has 2 atom stereocenters. The molecule has 0 saturated carbocycles. The van der Waals surface area contributed by atoms with Crippen LogP contribution in [0.1, 0.15) is 51.0 Å². The standard InChI is InChI=1S/C26H24F6N4O4/c1-26(2,3)40-25(39)35-11-14(33-23(37)21(31)32)10-18(35)22-34-17-6-4-5-16(28)19(17)24(38)36(22)15-8-12(20(29)30)7-13(27)9-15/h4-9,14,18,20-21H,10-11H2,1-3H3,(H,33,37)/t14-,18+/m1/s1. The molecule has 2 heterocycles. The van der Waals surface area contributed by atoms with Gasteiger partial charge in [0, 0.05) is 18.2 Å². The smallest absolute Gasteiger partial charge is 0.410 e. The van der Waals surface area contributed by atoms with Crippen LogP contribution >= 0.6 is 0 Å². The fourth-order valence-electron chi connectivity index (χ4n) is 4.50. The molecule has 1 saturated heterocycles. The molecule has 14 heteroatoms. The number of aromatic nitrogens is 2. The van der Waals surface area contributed by atoms with Gasteiger partial charge in [0.25, 0.3) is 17.9 Å². The summed E-state index contributed by atoms with van der Waals surface area (Å²) in [5, 5.41) is 1.58. The molecule has 0 unspecified atom stereocenters. The number of nitrogens with one attached hydrogen (secondary N) is 1. The van der Waals surface area contributed by atoms with Crippen LogP contribution in [0.25, 0.3) is 16.6 Å². The zero-order valence-electron chi connectivity index (χ0n) is 21.4. The van der Waals surface area contributed by atoms with Crippen molar-refractivity contribution in [3.05, 3.63) is 69.8 Å². The zero-order valence-corrected chi connectivity index (χ0v) is 21.4. The van der Waals surface area contributed by atoms with Crippen molar-refractivity contribution in [2.75, 3.05) is 6.54 Å². The third-order valence-corrected chi connectivity index (χ3v) is 6.06. The summed E-state index contributed by atoms with van der Waals surface area (Å²) < 4.78 is 88.3. The minimum absolute atomic E-state index is 0.161. The molecule has 1 fully saturated rings. The molecule has 214 valence electrons. The van der Waals surface area contributed by atoms with Gasteiger partial charge in [0.05, 0.1) is 17.2 Å². The van der Waals surface area contributed by atoms with Gasteiger partial charge in [-0.3, -0.25) is 19.1 Å². The highest BCUT2D eigenvalue weighted by Gasteiger charge is 2.42. The third-order valence-electron chi connectivity index (χ3n) is 6.06. The molecule has 1 aliphatic heterocycles. The van der Waals surface area contributed by atoms with Gasteiger partial charge in [-0.25, -0.2) is 27.3 Å². The van der Waals surface area contributed by atoms with Gasteiger partial charge >= 0.3 is 12.5 Å². The Labute approximate surface area is 223 Å². The second-order valence-electron chi connectivity index (χ2n) is 10.2. The Morgan fingerprint density at radius 2 is 1.80 bits per heavy atom. The van der Waals surface area contributed by atoms with E-state index in [1.165, 1.54) is 12.1 Å². The number of ether oxygens (including phenoxy) is 1. The van der Waals surface area contributed by atoms with Crippen LogP contribution in [-0.4, -0.2) is 51.1 Å². The first-order valence-corrected chi connectivity index (χ1v) is 12.0. The molecule has 1 aliphatic rings. The minimum atomic E-state index is -3.35. The predicted molar refractivity (Wildman–Crippen MR) is 130 cm³/mol. The molecular formula is C26H24F6N4O4. The van der Waals surface area contributed by atoms with Gasteiger partial charge in [-0.1, -0.05) is 6.07 Å². The van der Waals surface area contributed by atoms with Crippen LogP contribution in [0.4, 0.5) is 31.1 Å². The predicted octanol–water partition coefficient (Wildman–Crippen LogP) is 5.03. The summed E-state index contributed by atoms with van der Waals surface area (Å²) in [5.74, 6) is -4.03. The van der Waals surface area contributed by atoms with Crippen LogP contribution in [0.2, 0.25) is 0 Å². The Hall–Kier alpha value is -4.10. The molecule has 0 spiro atoms. The molecule has 40 heavy (non-hydrogen) atoms. The quantitative estimate of drug-likeness (QED) is 0.435. The van der Waals surface area contributed by atoms with Crippen molar-refractivity contribution >= 4 is 22.9 Å². The second kappa shape index (κ2) is 10.8. The number of fused-ring (bicyclic) bond motifs is 1. The van der Waals surface area contributed by atoms with Crippen LogP contribution in [0.15, 0.2) is 41.2 Å². The molecule has 0 radical (unpaired) electrons. The summed E-state index contributed by atoms with van der Waals surface area (Å²) in [7, 11) is 0. The number of nitrogens with zero attached hydrogens (tertiary/aromatic N) is 3. The lowest BCUT2D eigenvalue weighted by molar-refractivity contribution is -0.132. The van der Waals surface area contributed by atoms with Crippen molar-refractivity contribution in [1.29, 1.82) is 0 Å². The molecule has 0 aliphatic carbocycles. The van der Waals surface area contributed by atoms with Gasteiger partial charge in [0.15, 0.2) is 0 Å². The number of rotatable bonds is 5. The number of amides is 2. The fourth-order valence-corrected chi connectivity index (χ4v) is 4.50. The molecule has 4 rings (SSSR count). The van der Waals surface area contributed by atoms with Gasteiger partial charge in [-0.05, 0) is 57.5 Å². The van der Waals surface area contributed by atoms with Crippen molar-refractivity contribution in [2.45, 2.75) is 57.7 Å². The van der Waals surface area contributed by atoms with Gasteiger partial charge < -0.3 is 10.1 Å². The monoisotopic (exact) mass is 570 g/mol. The Balaban J connectivity index is 1.96.